The van der Waals surface area contributed by atoms with Gasteiger partial charge in [0, 0.05) is 19.2 Å². The van der Waals surface area contributed by atoms with Gasteiger partial charge in [0.2, 0.25) is 0 Å². The smallest absolute Gasteiger partial charge is 0.170 e. The molecule has 0 spiro atoms. The van der Waals surface area contributed by atoms with Crippen molar-refractivity contribution in [3.05, 3.63) is 29.8 Å². The third kappa shape index (κ3) is 5.06. The number of benzene rings is 1. The van der Waals surface area contributed by atoms with Crippen LogP contribution in [-0.2, 0) is 0 Å². The lowest BCUT2D eigenvalue weighted by atomic mass is 10.3. The van der Waals surface area contributed by atoms with Crippen LogP contribution >= 0.6 is 12.2 Å². The number of anilines is 1. The van der Waals surface area contributed by atoms with Gasteiger partial charge in [-0.1, -0.05) is 0 Å². The normalized spacial score (nSPS) is 10.4. The topological polar surface area (TPSA) is 27.3 Å². The molecule has 6 heteroatoms. The van der Waals surface area contributed by atoms with Crippen LogP contribution in [0.25, 0.3) is 0 Å². The minimum Gasteiger partial charge on any atom is -0.361 e. The molecule has 3 nitrogen and oxygen atoms in total. The third-order valence-electron chi connectivity index (χ3n) is 2.02. The van der Waals surface area contributed by atoms with Crippen molar-refractivity contribution >= 4 is 23.0 Å². The summed E-state index contributed by atoms with van der Waals surface area (Å²) in [5, 5.41) is 5.91. The van der Waals surface area contributed by atoms with Gasteiger partial charge in [0.15, 0.2) is 5.11 Å². The molecule has 0 radical (unpaired) electrons. The molecule has 0 fully saturated rings. The van der Waals surface area contributed by atoms with E-state index in [0.717, 1.165) is 12.6 Å². The number of likely N-dealkylation sites (N-methyl/N-ethyl adjacent to an activating group) is 1. The molecule has 0 heterocycles. The lowest BCUT2D eigenvalue weighted by Crippen LogP contribution is -2.34. The Balaban J connectivity index is 2.45. The van der Waals surface area contributed by atoms with Gasteiger partial charge >= 0.3 is 0 Å². The van der Waals surface area contributed by atoms with Crippen molar-refractivity contribution in [2.75, 3.05) is 32.5 Å². The second-order valence-corrected chi connectivity index (χ2v) is 4.22. The van der Waals surface area contributed by atoms with Crippen LogP contribution in [-0.4, -0.2) is 37.2 Å². The second kappa shape index (κ2) is 6.46. The quantitative estimate of drug-likeness (QED) is 0.807. The van der Waals surface area contributed by atoms with Crippen molar-refractivity contribution in [2.24, 2.45) is 0 Å². The number of rotatable bonds is 4. The van der Waals surface area contributed by atoms with Crippen LogP contribution < -0.4 is 10.6 Å². The molecule has 1 aromatic rings. The molecule has 94 valence electrons. The van der Waals surface area contributed by atoms with Crippen LogP contribution in [0, 0.1) is 11.6 Å². The van der Waals surface area contributed by atoms with Crippen LogP contribution in [0.4, 0.5) is 14.5 Å². The van der Waals surface area contributed by atoms with E-state index in [1.54, 1.807) is 0 Å². The van der Waals surface area contributed by atoms with Gasteiger partial charge in [-0.05, 0) is 38.4 Å². The molecular weight excluding hydrogens is 244 g/mol. The van der Waals surface area contributed by atoms with E-state index in [2.05, 4.69) is 10.6 Å². The fourth-order valence-electron chi connectivity index (χ4n) is 1.15. The maximum atomic E-state index is 13.3. The zero-order valence-corrected chi connectivity index (χ0v) is 10.6. The first-order valence-corrected chi connectivity index (χ1v) is 5.54. The monoisotopic (exact) mass is 259 g/mol. The summed E-state index contributed by atoms with van der Waals surface area (Å²) < 4.78 is 25.9. The van der Waals surface area contributed by atoms with Crippen LogP contribution in [0.15, 0.2) is 18.2 Å². The highest BCUT2D eigenvalue weighted by Crippen LogP contribution is 2.14. The summed E-state index contributed by atoms with van der Waals surface area (Å²) in [6.45, 7) is 1.47. The predicted octanol–water partition coefficient (Wildman–Crippen LogP) is 1.81. The molecule has 17 heavy (non-hydrogen) atoms. The summed E-state index contributed by atoms with van der Waals surface area (Å²) >= 11 is 4.98. The minimum atomic E-state index is -0.665. The molecule has 0 aromatic heterocycles. The standard InChI is InChI=1S/C11H15F2N3S/c1-16(2)6-5-14-11(17)15-10-4-3-8(12)7-9(10)13/h3-4,7H,5-6H2,1-2H3,(H2,14,15,17). The van der Waals surface area contributed by atoms with Crippen molar-refractivity contribution in [3.8, 4) is 0 Å². The summed E-state index contributed by atoms with van der Waals surface area (Å²) in [5.41, 5.74) is 0.161. The number of nitrogens with one attached hydrogen (secondary N) is 2. The first-order chi connectivity index (χ1) is 7.99. The van der Waals surface area contributed by atoms with E-state index < -0.39 is 11.6 Å². The summed E-state index contributed by atoms with van der Waals surface area (Å²) in [7, 11) is 3.88. The Kier molecular flexibility index (Phi) is 5.24. The molecule has 0 aliphatic rings. The van der Waals surface area contributed by atoms with Crippen LogP contribution in [0.5, 0.6) is 0 Å². The van der Waals surface area contributed by atoms with Crippen molar-refractivity contribution < 1.29 is 8.78 Å². The predicted molar refractivity (Wildman–Crippen MR) is 69.1 cm³/mol. The highest BCUT2D eigenvalue weighted by molar-refractivity contribution is 7.80. The van der Waals surface area contributed by atoms with Crippen molar-refractivity contribution in [1.29, 1.82) is 0 Å². The van der Waals surface area contributed by atoms with E-state index in [1.807, 2.05) is 19.0 Å². The van der Waals surface area contributed by atoms with Gasteiger partial charge in [0.25, 0.3) is 0 Å². The highest BCUT2D eigenvalue weighted by Gasteiger charge is 2.04. The summed E-state index contributed by atoms with van der Waals surface area (Å²) in [5.74, 6) is -1.28. The van der Waals surface area contributed by atoms with Gasteiger partial charge < -0.3 is 15.5 Å². The molecule has 1 rings (SSSR count). The Morgan fingerprint density at radius 3 is 2.65 bits per heavy atom. The van der Waals surface area contributed by atoms with Gasteiger partial charge in [0.05, 0.1) is 5.69 Å². The van der Waals surface area contributed by atoms with E-state index in [0.29, 0.717) is 11.7 Å². The Labute approximate surface area is 105 Å². The Hall–Kier alpha value is -1.27. The molecular formula is C11H15F2N3S. The Morgan fingerprint density at radius 2 is 2.06 bits per heavy atom. The van der Waals surface area contributed by atoms with Gasteiger partial charge in [-0.2, -0.15) is 0 Å². The Morgan fingerprint density at radius 1 is 1.35 bits per heavy atom. The van der Waals surface area contributed by atoms with E-state index in [9.17, 15) is 8.78 Å². The average Bonchev–Trinajstić information content (AvgIpc) is 2.21. The van der Waals surface area contributed by atoms with Crippen LogP contribution in [0.2, 0.25) is 0 Å². The number of hydrogen-bond acceptors (Lipinski definition) is 2. The number of nitrogens with zero attached hydrogens (tertiary/aromatic N) is 1. The summed E-state index contributed by atoms with van der Waals surface area (Å²) in [4.78, 5) is 1.99. The summed E-state index contributed by atoms with van der Waals surface area (Å²) in [6.07, 6.45) is 0. The first kappa shape index (κ1) is 13.8. The molecule has 0 saturated carbocycles. The SMILES string of the molecule is CN(C)CCNC(=S)Nc1ccc(F)cc1F. The van der Waals surface area contributed by atoms with Crippen molar-refractivity contribution in [1.82, 2.24) is 10.2 Å². The van der Waals surface area contributed by atoms with Gasteiger partial charge in [-0.25, -0.2) is 8.78 Å². The molecule has 2 N–H and O–H groups in total. The molecule has 0 atom stereocenters. The number of thiocarbonyl (C=S) groups is 1. The number of hydrogen-bond donors (Lipinski definition) is 2. The molecule has 0 bridgehead atoms. The van der Waals surface area contributed by atoms with Gasteiger partial charge in [0.1, 0.15) is 11.6 Å². The maximum Gasteiger partial charge on any atom is 0.170 e. The fraction of sp³-hybridized carbons (Fsp3) is 0.364. The van der Waals surface area contributed by atoms with Gasteiger partial charge in [-0.3, -0.25) is 0 Å². The molecule has 0 amide bonds. The van der Waals surface area contributed by atoms with E-state index in [-0.39, 0.29) is 5.69 Å². The maximum absolute atomic E-state index is 13.3. The molecule has 0 saturated heterocycles. The van der Waals surface area contributed by atoms with E-state index in [4.69, 9.17) is 12.2 Å². The zero-order chi connectivity index (χ0) is 12.8. The summed E-state index contributed by atoms with van der Waals surface area (Å²) in [6, 6.07) is 3.29. The Bertz CT molecular complexity index is 396. The van der Waals surface area contributed by atoms with E-state index >= 15 is 0 Å². The highest BCUT2D eigenvalue weighted by atomic mass is 32.1. The third-order valence-corrected chi connectivity index (χ3v) is 2.27. The number of halogens is 2. The van der Waals surface area contributed by atoms with Crippen LogP contribution in [0.3, 0.4) is 0 Å². The van der Waals surface area contributed by atoms with Crippen LogP contribution in [0.1, 0.15) is 0 Å². The van der Waals surface area contributed by atoms with Gasteiger partial charge in [-0.15, -0.1) is 0 Å². The molecule has 1 aromatic carbocycles. The van der Waals surface area contributed by atoms with E-state index in [1.165, 1.54) is 12.1 Å². The second-order valence-electron chi connectivity index (χ2n) is 3.81. The average molecular weight is 259 g/mol. The lowest BCUT2D eigenvalue weighted by Gasteiger charge is -2.13. The molecule has 0 aliphatic carbocycles. The van der Waals surface area contributed by atoms with Crippen molar-refractivity contribution in [3.63, 3.8) is 0 Å². The largest absolute Gasteiger partial charge is 0.361 e. The fourth-order valence-corrected chi connectivity index (χ4v) is 1.36. The molecule has 0 aliphatic heterocycles. The molecule has 0 unspecified atom stereocenters. The lowest BCUT2D eigenvalue weighted by molar-refractivity contribution is 0.413. The first-order valence-electron chi connectivity index (χ1n) is 5.13. The zero-order valence-electron chi connectivity index (χ0n) is 9.76. The minimum absolute atomic E-state index is 0.161. The van der Waals surface area contributed by atoms with Crippen molar-refractivity contribution in [2.45, 2.75) is 0 Å².